The van der Waals surface area contributed by atoms with Crippen LogP contribution in [0.2, 0.25) is 5.02 Å². The Morgan fingerprint density at radius 1 is 1.14 bits per heavy atom. The zero-order chi connectivity index (χ0) is 15.5. The summed E-state index contributed by atoms with van der Waals surface area (Å²) in [5, 5.41) is 3.91. The number of benzene rings is 2. The van der Waals surface area contributed by atoms with Gasteiger partial charge in [0.15, 0.2) is 9.84 Å². The van der Waals surface area contributed by atoms with Crippen LogP contribution in [0, 0.1) is 0 Å². The SMILES string of the molecule is CCS(=O)(=O)c1ccc(NCc2ccc(Br)cc2Cl)cc1. The number of halogens is 2. The van der Waals surface area contributed by atoms with Crippen LogP contribution in [0.15, 0.2) is 51.8 Å². The van der Waals surface area contributed by atoms with E-state index in [0.29, 0.717) is 16.5 Å². The minimum atomic E-state index is -3.15. The zero-order valence-electron chi connectivity index (χ0n) is 11.4. The van der Waals surface area contributed by atoms with Gasteiger partial charge in [0, 0.05) is 21.7 Å². The van der Waals surface area contributed by atoms with Gasteiger partial charge in [-0.05, 0) is 42.0 Å². The van der Waals surface area contributed by atoms with Crippen molar-refractivity contribution in [1.29, 1.82) is 0 Å². The Bertz CT molecular complexity index is 730. The fourth-order valence-electron chi connectivity index (χ4n) is 1.81. The standard InChI is InChI=1S/C15H15BrClNO2S/c1-2-21(19,20)14-7-5-13(6-8-14)18-10-11-3-4-12(16)9-15(11)17/h3-9,18H,2,10H2,1H3. The molecule has 0 spiro atoms. The van der Waals surface area contributed by atoms with Gasteiger partial charge >= 0.3 is 0 Å². The van der Waals surface area contributed by atoms with E-state index in [1.165, 1.54) is 0 Å². The third kappa shape index (κ3) is 4.22. The first kappa shape index (κ1) is 16.3. The molecule has 0 aromatic heterocycles. The van der Waals surface area contributed by atoms with Crippen molar-refractivity contribution in [3.63, 3.8) is 0 Å². The fraction of sp³-hybridized carbons (Fsp3) is 0.200. The molecule has 112 valence electrons. The summed E-state index contributed by atoms with van der Waals surface area (Å²) in [6.07, 6.45) is 0. The van der Waals surface area contributed by atoms with Gasteiger partial charge in [-0.3, -0.25) is 0 Å². The average molecular weight is 389 g/mol. The third-order valence-corrected chi connectivity index (χ3v) is 5.69. The summed E-state index contributed by atoms with van der Waals surface area (Å²) in [5.41, 5.74) is 1.83. The molecule has 0 atom stereocenters. The van der Waals surface area contributed by atoms with Gasteiger partial charge in [-0.2, -0.15) is 0 Å². The molecule has 0 aliphatic heterocycles. The molecule has 2 rings (SSSR count). The Morgan fingerprint density at radius 3 is 2.38 bits per heavy atom. The van der Waals surface area contributed by atoms with Crippen LogP contribution in [-0.2, 0) is 16.4 Å². The van der Waals surface area contributed by atoms with Crippen molar-refractivity contribution in [1.82, 2.24) is 0 Å². The number of rotatable bonds is 5. The van der Waals surface area contributed by atoms with Crippen LogP contribution in [0.1, 0.15) is 12.5 Å². The maximum absolute atomic E-state index is 11.7. The van der Waals surface area contributed by atoms with Crippen LogP contribution < -0.4 is 5.32 Å². The molecule has 21 heavy (non-hydrogen) atoms. The van der Waals surface area contributed by atoms with Gasteiger partial charge in [0.25, 0.3) is 0 Å². The summed E-state index contributed by atoms with van der Waals surface area (Å²) < 4.78 is 24.4. The molecule has 1 N–H and O–H groups in total. The quantitative estimate of drug-likeness (QED) is 0.820. The summed E-state index contributed by atoms with van der Waals surface area (Å²) >= 11 is 9.51. The van der Waals surface area contributed by atoms with Gasteiger partial charge in [0.1, 0.15) is 0 Å². The first-order valence-electron chi connectivity index (χ1n) is 6.43. The highest BCUT2D eigenvalue weighted by atomic mass is 79.9. The van der Waals surface area contributed by atoms with Crippen LogP contribution >= 0.6 is 27.5 Å². The second-order valence-corrected chi connectivity index (χ2v) is 8.12. The smallest absolute Gasteiger partial charge is 0.178 e. The minimum Gasteiger partial charge on any atom is -0.381 e. The Hall–Kier alpha value is -1.04. The minimum absolute atomic E-state index is 0.105. The van der Waals surface area contributed by atoms with Gasteiger partial charge in [0.2, 0.25) is 0 Å². The molecule has 0 radical (unpaired) electrons. The van der Waals surface area contributed by atoms with Crippen molar-refractivity contribution in [3.8, 4) is 0 Å². The van der Waals surface area contributed by atoms with Crippen molar-refractivity contribution >= 4 is 43.1 Å². The first-order valence-corrected chi connectivity index (χ1v) is 9.25. The van der Waals surface area contributed by atoms with Crippen molar-refractivity contribution in [2.24, 2.45) is 0 Å². The molecule has 0 saturated heterocycles. The second kappa shape index (κ2) is 6.81. The molecular weight excluding hydrogens is 374 g/mol. The lowest BCUT2D eigenvalue weighted by Gasteiger charge is -2.09. The number of nitrogens with one attached hydrogen (secondary N) is 1. The van der Waals surface area contributed by atoms with E-state index in [1.54, 1.807) is 31.2 Å². The Labute approximate surface area is 138 Å². The summed E-state index contributed by atoms with van der Waals surface area (Å²) in [5.74, 6) is 0.105. The lowest BCUT2D eigenvalue weighted by Crippen LogP contribution is -2.04. The summed E-state index contributed by atoms with van der Waals surface area (Å²) in [6, 6.07) is 12.5. The number of hydrogen-bond acceptors (Lipinski definition) is 3. The Balaban J connectivity index is 2.07. The van der Waals surface area contributed by atoms with E-state index in [1.807, 2.05) is 18.2 Å². The van der Waals surface area contributed by atoms with E-state index in [4.69, 9.17) is 11.6 Å². The molecule has 0 fully saturated rings. The van der Waals surface area contributed by atoms with Gasteiger partial charge in [-0.15, -0.1) is 0 Å². The molecule has 0 aliphatic carbocycles. The van der Waals surface area contributed by atoms with Crippen LogP contribution in [0.25, 0.3) is 0 Å². The molecule has 0 amide bonds. The lowest BCUT2D eigenvalue weighted by molar-refractivity contribution is 0.597. The van der Waals surface area contributed by atoms with Crippen LogP contribution in [0.5, 0.6) is 0 Å². The number of anilines is 1. The zero-order valence-corrected chi connectivity index (χ0v) is 14.6. The highest BCUT2D eigenvalue weighted by molar-refractivity contribution is 9.10. The highest BCUT2D eigenvalue weighted by Gasteiger charge is 2.10. The first-order chi connectivity index (χ1) is 9.92. The monoisotopic (exact) mass is 387 g/mol. The molecule has 0 unspecified atom stereocenters. The third-order valence-electron chi connectivity index (χ3n) is 3.09. The van der Waals surface area contributed by atoms with Gasteiger partial charge in [-0.25, -0.2) is 8.42 Å². The molecule has 0 saturated carbocycles. The molecule has 6 heteroatoms. The summed E-state index contributed by atoms with van der Waals surface area (Å²) in [4.78, 5) is 0.345. The highest BCUT2D eigenvalue weighted by Crippen LogP contribution is 2.22. The van der Waals surface area contributed by atoms with Crippen molar-refractivity contribution in [3.05, 3.63) is 57.5 Å². The van der Waals surface area contributed by atoms with Crippen molar-refractivity contribution < 1.29 is 8.42 Å². The van der Waals surface area contributed by atoms with E-state index in [9.17, 15) is 8.42 Å². The largest absolute Gasteiger partial charge is 0.381 e. The molecule has 0 heterocycles. The molecular formula is C15H15BrClNO2S. The summed E-state index contributed by atoms with van der Waals surface area (Å²) in [6.45, 7) is 2.21. The summed E-state index contributed by atoms with van der Waals surface area (Å²) in [7, 11) is -3.15. The van der Waals surface area contributed by atoms with Crippen LogP contribution in [-0.4, -0.2) is 14.2 Å². The second-order valence-electron chi connectivity index (χ2n) is 4.52. The van der Waals surface area contributed by atoms with Crippen molar-refractivity contribution in [2.75, 3.05) is 11.1 Å². The topological polar surface area (TPSA) is 46.2 Å². The number of hydrogen-bond donors (Lipinski definition) is 1. The predicted octanol–water partition coefficient (Wildman–Crippen LogP) is 4.51. The Morgan fingerprint density at radius 2 is 1.81 bits per heavy atom. The molecule has 2 aromatic carbocycles. The van der Waals surface area contributed by atoms with E-state index in [0.717, 1.165) is 15.7 Å². The lowest BCUT2D eigenvalue weighted by atomic mass is 10.2. The maximum Gasteiger partial charge on any atom is 0.178 e. The molecule has 0 aliphatic rings. The van der Waals surface area contributed by atoms with Crippen LogP contribution in [0.3, 0.4) is 0 Å². The predicted molar refractivity (Wildman–Crippen MR) is 90.6 cm³/mol. The maximum atomic E-state index is 11.7. The Kier molecular flexibility index (Phi) is 5.30. The van der Waals surface area contributed by atoms with Crippen LogP contribution in [0.4, 0.5) is 5.69 Å². The van der Waals surface area contributed by atoms with Gasteiger partial charge in [0.05, 0.1) is 10.6 Å². The molecule has 0 bridgehead atoms. The van der Waals surface area contributed by atoms with E-state index >= 15 is 0 Å². The van der Waals surface area contributed by atoms with E-state index in [2.05, 4.69) is 21.2 Å². The van der Waals surface area contributed by atoms with E-state index in [-0.39, 0.29) is 5.75 Å². The van der Waals surface area contributed by atoms with E-state index < -0.39 is 9.84 Å². The van der Waals surface area contributed by atoms with Gasteiger partial charge < -0.3 is 5.32 Å². The normalized spacial score (nSPS) is 11.4. The fourth-order valence-corrected chi connectivity index (χ4v) is 3.43. The van der Waals surface area contributed by atoms with Crippen molar-refractivity contribution in [2.45, 2.75) is 18.4 Å². The molecule has 2 aromatic rings. The average Bonchev–Trinajstić information content (AvgIpc) is 2.47. The number of sulfone groups is 1. The van der Waals surface area contributed by atoms with Gasteiger partial charge in [-0.1, -0.05) is 40.5 Å². The molecule has 3 nitrogen and oxygen atoms in total.